The van der Waals surface area contributed by atoms with E-state index in [2.05, 4.69) is 19.2 Å². The second-order valence-corrected chi connectivity index (χ2v) is 5.52. The van der Waals surface area contributed by atoms with Crippen LogP contribution in [0.15, 0.2) is 0 Å². The van der Waals surface area contributed by atoms with Gasteiger partial charge in [-0.2, -0.15) is 0 Å². The van der Waals surface area contributed by atoms with E-state index >= 15 is 0 Å². The molecule has 17 heavy (non-hydrogen) atoms. The third-order valence-electron chi connectivity index (χ3n) is 3.62. The van der Waals surface area contributed by atoms with Gasteiger partial charge in [0.25, 0.3) is 0 Å². The summed E-state index contributed by atoms with van der Waals surface area (Å²) in [6, 6.07) is 0. The Kier molecular flexibility index (Phi) is 4.05. The summed E-state index contributed by atoms with van der Waals surface area (Å²) in [4.78, 5) is 11.9. The molecule has 1 aliphatic carbocycles. The number of carbonyl (C=O) groups is 1. The number of nitrogens with one attached hydrogen (secondary N) is 1. The van der Waals surface area contributed by atoms with E-state index in [1.165, 1.54) is 0 Å². The molecule has 4 nitrogen and oxygen atoms in total. The predicted molar refractivity (Wildman–Crippen MR) is 64.4 cm³/mol. The fourth-order valence-electron chi connectivity index (χ4n) is 2.55. The van der Waals surface area contributed by atoms with Crippen molar-refractivity contribution < 1.29 is 14.3 Å². The number of hydrogen-bond acceptors (Lipinski definition) is 3. The van der Waals surface area contributed by atoms with Gasteiger partial charge in [0.05, 0.1) is 13.2 Å². The van der Waals surface area contributed by atoms with Gasteiger partial charge in [0.15, 0.2) is 5.79 Å². The molecule has 4 heteroatoms. The zero-order valence-electron chi connectivity index (χ0n) is 10.8. The lowest BCUT2D eigenvalue weighted by atomic mass is 9.84. The minimum Gasteiger partial charge on any atom is -0.356 e. The van der Waals surface area contributed by atoms with Crippen LogP contribution in [-0.4, -0.2) is 31.5 Å². The zero-order chi connectivity index (χ0) is 12.3. The number of ether oxygens (including phenoxy) is 2. The Hall–Kier alpha value is -0.610. The maximum absolute atomic E-state index is 11.9. The average Bonchev–Trinajstić information content (AvgIpc) is 2.75. The fourth-order valence-corrected chi connectivity index (χ4v) is 2.55. The van der Waals surface area contributed by atoms with Crippen molar-refractivity contribution in [3.8, 4) is 0 Å². The molecule has 0 unspecified atom stereocenters. The average molecular weight is 241 g/mol. The van der Waals surface area contributed by atoms with Crippen molar-refractivity contribution in [3.05, 3.63) is 0 Å². The van der Waals surface area contributed by atoms with Crippen LogP contribution in [0.1, 0.15) is 39.5 Å². The molecule has 1 spiro atoms. The van der Waals surface area contributed by atoms with E-state index in [4.69, 9.17) is 9.47 Å². The summed E-state index contributed by atoms with van der Waals surface area (Å²) in [6.45, 7) is 6.38. The first kappa shape index (κ1) is 12.8. The van der Waals surface area contributed by atoms with Crippen LogP contribution < -0.4 is 5.32 Å². The monoisotopic (exact) mass is 241 g/mol. The zero-order valence-corrected chi connectivity index (χ0v) is 10.8. The maximum Gasteiger partial charge on any atom is 0.223 e. The van der Waals surface area contributed by atoms with Gasteiger partial charge in [-0.05, 0) is 18.8 Å². The smallest absolute Gasteiger partial charge is 0.223 e. The van der Waals surface area contributed by atoms with Crippen LogP contribution in [0.2, 0.25) is 0 Å². The molecular weight excluding hydrogens is 218 g/mol. The van der Waals surface area contributed by atoms with Crippen LogP contribution in [-0.2, 0) is 14.3 Å². The molecule has 0 aromatic heterocycles. The van der Waals surface area contributed by atoms with Crippen molar-refractivity contribution >= 4 is 5.91 Å². The van der Waals surface area contributed by atoms with Crippen LogP contribution in [0.3, 0.4) is 0 Å². The summed E-state index contributed by atoms with van der Waals surface area (Å²) in [5, 5.41) is 3.01. The third-order valence-corrected chi connectivity index (χ3v) is 3.62. The Morgan fingerprint density at radius 1 is 1.29 bits per heavy atom. The first-order valence-corrected chi connectivity index (χ1v) is 6.67. The molecule has 0 aromatic carbocycles. The quantitative estimate of drug-likeness (QED) is 0.818. The van der Waals surface area contributed by atoms with E-state index in [1.807, 2.05) is 0 Å². The van der Waals surface area contributed by atoms with Crippen LogP contribution in [0.4, 0.5) is 0 Å². The lowest BCUT2D eigenvalue weighted by Gasteiger charge is -2.34. The summed E-state index contributed by atoms with van der Waals surface area (Å²) in [7, 11) is 0. The molecule has 1 saturated carbocycles. The molecule has 1 saturated heterocycles. The molecular formula is C13H23NO3. The first-order valence-electron chi connectivity index (χ1n) is 6.67. The highest BCUT2D eigenvalue weighted by Gasteiger charge is 2.41. The van der Waals surface area contributed by atoms with Gasteiger partial charge in [0.1, 0.15) is 0 Å². The summed E-state index contributed by atoms with van der Waals surface area (Å²) in [5.74, 6) is 0.503. The van der Waals surface area contributed by atoms with Crippen LogP contribution in [0, 0.1) is 11.8 Å². The van der Waals surface area contributed by atoms with Gasteiger partial charge in [0.2, 0.25) is 5.91 Å². The summed E-state index contributed by atoms with van der Waals surface area (Å²) in [5.41, 5.74) is 0. The highest BCUT2D eigenvalue weighted by Crippen LogP contribution is 2.38. The molecule has 0 radical (unpaired) electrons. The fraction of sp³-hybridized carbons (Fsp3) is 0.923. The number of rotatable bonds is 3. The third kappa shape index (κ3) is 3.19. The molecule has 98 valence electrons. The lowest BCUT2D eigenvalue weighted by molar-refractivity contribution is -0.183. The number of hydrogen-bond donors (Lipinski definition) is 1. The van der Waals surface area contributed by atoms with E-state index in [0.29, 0.717) is 19.1 Å². The Morgan fingerprint density at radius 3 is 2.41 bits per heavy atom. The summed E-state index contributed by atoms with van der Waals surface area (Å²) in [6.07, 6.45) is 3.47. The standard InChI is InChI=1S/C13H23NO3/c1-10(2)9-14-12(15)11-3-5-13(6-4-11)16-7-8-17-13/h10-11H,3-9H2,1-2H3,(H,14,15). The van der Waals surface area contributed by atoms with E-state index in [-0.39, 0.29) is 17.6 Å². The predicted octanol–water partition coefficient (Wildman–Crippen LogP) is 1.69. The second kappa shape index (κ2) is 5.36. The largest absolute Gasteiger partial charge is 0.356 e. The van der Waals surface area contributed by atoms with Gasteiger partial charge >= 0.3 is 0 Å². The van der Waals surface area contributed by atoms with Crippen molar-refractivity contribution in [2.75, 3.05) is 19.8 Å². The van der Waals surface area contributed by atoms with E-state index in [9.17, 15) is 4.79 Å². The number of carbonyl (C=O) groups excluding carboxylic acids is 1. The SMILES string of the molecule is CC(C)CNC(=O)C1CCC2(CC1)OCCO2. The maximum atomic E-state index is 11.9. The Labute approximate surface area is 103 Å². The highest BCUT2D eigenvalue weighted by molar-refractivity contribution is 5.78. The Morgan fingerprint density at radius 2 is 1.88 bits per heavy atom. The van der Waals surface area contributed by atoms with Crippen LogP contribution in [0.5, 0.6) is 0 Å². The molecule has 0 aromatic rings. The van der Waals surface area contributed by atoms with E-state index < -0.39 is 0 Å². The van der Waals surface area contributed by atoms with Crippen molar-refractivity contribution in [3.63, 3.8) is 0 Å². The molecule has 2 fully saturated rings. The topological polar surface area (TPSA) is 47.6 Å². The normalized spacial score (nSPS) is 24.4. The van der Waals surface area contributed by atoms with Crippen LogP contribution in [0.25, 0.3) is 0 Å². The Bertz CT molecular complexity index is 262. The molecule has 0 bridgehead atoms. The minimum atomic E-state index is -0.352. The second-order valence-electron chi connectivity index (χ2n) is 5.52. The van der Waals surface area contributed by atoms with Crippen molar-refractivity contribution in [2.24, 2.45) is 11.8 Å². The molecule has 1 aliphatic heterocycles. The van der Waals surface area contributed by atoms with Gasteiger partial charge < -0.3 is 14.8 Å². The lowest BCUT2D eigenvalue weighted by Crippen LogP contribution is -2.41. The van der Waals surface area contributed by atoms with Gasteiger partial charge in [0, 0.05) is 25.3 Å². The summed E-state index contributed by atoms with van der Waals surface area (Å²) >= 11 is 0. The van der Waals surface area contributed by atoms with Crippen LogP contribution >= 0.6 is 0 Å². The van der Waals surface area contributed by atoms with E-state index in [0.717, 1.165) is 32.2 Å². The van der Waals surface area contributed by atoms with Gasteiger partial charge in [-0.25, -0.2) is 0 Å². The first-order chi connectivity index (χ1) is 8.11. The molecule has 2 aliphatic rings. The molecule has 0 atom stereocenters. The van der Waals surface area contributed by atoms with Crippen molar-refractivity contribution in [1.29, 1.82) is 0 Å². The minimum absolute atomic E-state index is 0.146. The van der Waals surface area contributed by atoms with Gasteiger partial charge in [-0.3, -0.25) is 4.79 Å². The van der Waals surface area contributed by atoms with Gasteiger partial charge in [-0.15, -0.1) is 0 Å². The molecule has 2 rings (SSSR count). The van der Waals surface area contributed by atoms with Crippen molar-refractivity contribution in [1.82, 2.24) is 5.32 Å². The van der Waals surface area contributed by atoms with Crippen molar-refractivity contribution in [2.45, 2.75) is 45.3 Å². The molecule has 1 heterocycles. The van der Waals surface area contributed by atoms with Gasteiger partial charge in [-0.1, -0.05) is 13.8 Å². The molecule has 1 amide bonds. The highest BCUT2D eigenvalue weighted by atomic mass is 16.7. The Balaban J connectivity index is 1.76. The van der Waals surface area contributed by atoms with E-state index in [1.54, 1.807) is 0 Å². The summed E-state index contributed by atoms with van der Waals surface area (Å²) < 4.78 is 11.3. The number of amides is 1. The molecule has 1 N–H and O–H groups in total.